The molecular weight excluding hydrogens is 290 g/mol. The van der Waals surface area contributed by atoms with Gasteiger partial charge in [-0.2, -0.15) is 4.37 Å². The lowest BCUT2D eigenvalue weighted by Gasteiger charge is -2.15. The van der Waals surface area contributed by atoms with Crippen molar-refractivity contribution in [3.8, 4) is 11.3 Å². The summed E-state index contributed by atoms with van der Waals surface area (Å²) in [4.78, 5) is 6.92. The van der Waals surface area contributed by atoms with Crippen LogP contribution < -0.4 is 11.1 Å². The molecule has 2 heterocycles. The van der Waals surface area contributed by atoms with Crippen LogP contribution in [0.3, 0.4) is 0 Å². The zero-order chi connectivity index (χ0) is 14.1. The molecule has 20 heavy (non-hydrogen) atoms. The number of thiazole rings is 1. The maximum absolute atomic E-state index is 5.99. The van der Waals surface area contributed by atoms with E-state index in [-0.39, 0.29) is 0 Å². The summed E-state index contributed by atoms with van der Waals surface area (Å²) in [5, 5.41) is 7.56. The summed E-state index contributed by atoms with van der Waals surface area (Å²) in [6.45, 7) is 3.95. The van der Waals surface area contributed by atoms with Crippen molar-refractivity contribution in [1.29, 1.82) is 0 Å². The molecule has 1 aliphatic carbocycles. The maximum atomic E-state index is 5.99. The first kappa shape index (κ1) is 13.8. The molecule has 2 aromatic heterocycles. The van der Waals surface area contributed by atoms with Crippen molar-refractivity contribution in [2.45, 2.75) is 25.8 Å². The van der Waals surface area contributed by atoms with E-state index in [0.717, 1.165) is 40.4 Å². The van der Waals surface area contributed by atoms with Gasteiger partial charge in [-0.15, -0.1) is 11.3 Å². The van der Waals surface area contributed by atoms with E-state index in [0.29, 0.717) is 5.82 Å². The highest BCUT2D eigenvalue weighted by atomic mass is 32.1. The third-order valence-corrected chi connectivity index (χ3v) is 5.11. The van der Waals surface area contributed by atoms with Crippen LogP contribution >= 0.6 is 22.9 Å². The number of nitrogens with one attached hydrogen (secondary N) is 1. The summed E-state index contributed by atoms with van der Waals surface area (Å²) >= 11 is 3.05. The van der Waals surface area contributed by atoms with E-state index >= 15 is 0 Å². The van der Waals surface area contributed by atoms with E-state index in [2.05, 4.69) is 26.6 Å². The topological polar surface area (TPSA) is 67.1 Å². The summed E-state index contributed by atoms with van der Waals surface area (Å²) in [7, 11) is 2.19. The molecule has 0 saturated heterocycles. The third kappa shape index (κ3) is 2.94. The molecule has 1 saturated carbocycles. The smallest absolute Gasteiger partial charge is 0.148 e. The molecule has 3 rings (SSSR count). The highest BCUT2D eigenvalue weighted by molar-refractivity contribution is 7.11. The predicted octanol–water partition coefficient (Wildman–Crippen LogP) is 2.66. The second kappa shape index (κ2) is 5.67. The van der Waals surface area contributed by atoms with Gasteiger partial charge >= 0.3 is 0 Å². The number of hydrogen-bond acceptors (Lipinski definition) is 7. The molecule has 7 heteroatoms. The van der Waals surface area contributed by atoms with E-state index in [1.54, 1.807) is 11.3 Å². The molecule has 5 nitrogen and oxygen atoms in total. The molecule has 0 atom stereocenters. The van der Waals surface area contributed by atoms with Gasteiger partial charge in [0.05, 0.1) is 16.3 Å². The largest absolute Gasteiger partial charge is 0.382 e. The molecule has 2 aromatic rings. The highest BCUT2D eigenvalue weighted by Gasteiger charge is 2.25. The molecule has 0 spiro atoms. The summed E-state index contributed by atoms with van der Waals surface area (Å²) in [6.07, 6.45) is 2.68. The number of nitrogens with zero attached hydrogens (tertiary/aromatic N) is 3. The Morgan fingerprint density at radius 1 is 1.50 bits per heavy atom. The van der Waals surface area contributed by atoms with Crippen LogP contribution in [0.25, 0.3) is 11.3 Å². The Bertz CT molecular complexity index is 587. The predicted molar refractivity (Wildman–Crippen MR) is 86.5 cm³/mol. The first-order valence-corrected chi connectivity index (χ1v) is 8.42. The molecular formula is C13H19N5S2. The highest BCUT2D eigenvalue weighted by Crippen LogP contribution is 2.37. The molecule has 108 valence electrons. The molecule has 1 aliphatic rings. The van der Waals surface area contributed by atoms with E-state index in [1.807, 2.05) is 12.3 Å². The zero-order valence-corrected chi connectivity index (χ0v) is 13.4. The molecule has 0 amide bonds. The fraction of sp³-hybridized carbons (Fsp3) is 0.538. The first-order valence-electron chi connectivity index (χ1n) is 6.77. The van der Waals surface area contributed by atoms with Gasteiger partial charge in [-0.05, 0) is 38.3 Å². The van der Waals surface area contributed by atoms with E-state index in [1.165, 1.54) is 24.4 Å². The van der Waals surface area contributed by atoms with Crippen molar-refractivity contribution < 1.29 is 0 Å². The van der Waals surface area contributed by atoms with Gasteiger partial charge in [0.1, 0.15) is 10.8 Å². The van der Waals surface area contributed by atoms with E-state index in [4.69, 9.17) is 5.73 Å². The molecule has 0 aromatic carbocycles. The molecule has 0 bridgehead atoms. The van der Waals surface area contributed by atoms with Crippen LogP contribution in [-0.2, 0) is 0 Å². The summed E-state index contributed by atoms with van der Waals surface area (Å²) < 4.78 is 4.26. The Balaban J connectivity index is 1.67. The molecule has 3 N–H and O–H groups in total. The summed E-state index contributed by atoms with van der Waals surface area (Å²) in [6, 6.07) is 0.795. The minimum absolute atomic E-state index is 0.568. The monoisotopic (exact) mass is 309 g/mol. The average molecular weight is 309 g/mol. The van der Waals surface area contributed by atoms with Crippen LogP contribution in [0.4, 0.5) is 10.8 Å². The number of aromatic nitrogens is 2. The minimum atomic E-state index is 0.568. The number of aryl methyl sites for hydroxylation is 1. The number of anilines is 2. The quantitative estimate of drug-likeness (QED) is 0.858. The SMILES string of the molecule is Cc1nc(-c2c(N)nsc2NCCN(C)C2CC2)cs1. The average Bonchev–Trinajstić information content (AvgIpc) is 3.10. The van der Waals surface area contributed by atoms with Crippen LogP contribution in [0.5, 0.6) is 0 Å². The number of nitrogens with two attached hydrogens (primary N) is 1. The lowest BCUT2D eigenvalue weighted by Crippen LogP contribution is -2.26. The van der Waals surface area contributed by atoms with Gasteiger partial charge in [-0.1, -0.05) is 0 Å². The van der Waals surface area contributed by atoms with Crippen molar-refractivity contribution in [3.63, 3.8) is 0 Å². The van der Waals surface area contributed by atoms with Crippen molar-refractivity contribution >= 4 is 33.7 Å². The number of hydrogen-bond donors (Lipinski definition) is 2. The Kier molecular flexibility index (Phi) is 3.91. The van der Waals surface area contributed by atoms with Crippen molar-refractivity contribution in [2.75, 3.05) is 31.2 Å². The Morgan fingerprint density at radius 3 is 2.95 bits per heavy atom. The molecule has 0 unspecified atom stereocenters. The Hall–Kier alpha value is -1.18. The standard InChI is InChI=1S/C13H19N5S2/c1-8-16-10(7-19-8)11-12(14)17-20-13(11)15-5-6-18(2)9-3-4-9/h7,9,15H,3-6H2,1-2H3,(H2,14,17). The van der Waals surface area contributed by atoms with E-state index in [9.17, 15) is 0 Å². The van der Waals surface area contributed by atoms with Crippen LogP contribution in [0.2, 0.25) is 0 Å². The third-order valence-electron chi connectivity index (χ3n) is 3.51. The Labute approximate surface area is 127 Å². The lowest BCUT2D eigenvalue weighted by atomic mass is 10.2. The lowest BCUT2D eigenvalue weighted by molar-refractivity contribution is 0.337. The van der Waals surface area contributed by atoms with E-state index < -0.39 is 0 Å². The number of likely N-dealkylation sites (N-methyl/N-ethyl adjacent to an activating group) is 1. The van der Waals surface area contributed by atoms with Crippen LogP contribution in [-0.4, -0.2) is 40.4 Å². The fourth-order valence-corrected chi connectivity index (χ4v) is 3.54. The minimum Gasteiger partial charge on any atom is -0.382 e. The fourth-order valence-electron chi connectivity index (χ4n) is 2.19. The van der Waals surface area contributed by atoms with Gasteiger partial charge in [-0.3, -0.25) is 0 Å². The van der Waals surface area contributed by atoms with Gasteiger partial charge in [0, 0.05) is 24.5 Å². The van der Waals surface area contributed by atoms with Gasteiger partial charge in [0.2, 0.25) is 0 Å². The normalized spacial score (nSPS) is 14.9. The van der Waals surface area contributed by atoms with Gasteiger partial charge in [0.15, 0.2) is 0 Å². The summed E-state index contributed by atoms with van der Waals surface area (Å²) in [5.74, 6) is 0.568. The number of rotatable bonds is 6. The number of nitrogen functional groups attached to an aromatic ring is 1. The second-order valence-corrected chi connectivity index (χ2v) is 7.00. The van der Waals surface area contributed by atoms with Gasteiger partial charge < -0.3 is 16.0 Å². The zero-order valence-electron chi connectivity index (χ0n) is 11.7. The van der Waals surface area contributed by atoms with Crippen LogP contribution in [0.15, 0.2) is 5.38 Å². The first-order chi connectivity index (χ1) is 9.65. The maximum Gasteiger partial charge on any atom is 0.148 e. The van der Waals surface area contributed by atoms with Crippen molar-refractivity contribution in [1.82, 2.24) is 14.3 Å². The summed E-state index contributed by atoms with van der Waals surface area (Å²) in [5.41, 5.74) is 7.87. The Morgan fingerprint density at radius 2 is 2.30 bits per heavy atom. The van der Waals surface area contributed by atoms with Crippen LogP contribution in [0, 0.1) is 6.92 Å². The molecule has 0 aliphatic heterocycles. The second-order valence-electron chi connectivity index (χ2n) is 5.16. The van der Waals surface area contributed by atoms with Gasteiger partial charge in [0.25, 0.3) is 0 Å². The van der Waals surface area contributed by atoms with Crippen molar-refractivity contribution in [3.05, 3.63) is 10.4 Å². The molecule has 1 fully saturated rings. The van der Waals surface area contributed by atoms with Crippen LogP contribution in [0.1, 0.15) is 17.8 Å². The molecule has 0 radical (unpaired) electrons. The van der Waals surface area contributed by atoms with Gasteiger partial charge in [-0.25, -0.2) is 4.98 Å². The van der Waals surface area contributed by atoms with Crippen molar-refractivity contribution in [2.24, 2.45) is 0 Å².